The average Bonchev–Trinajstić information content (AvgIpc) is 2.99. The lowest BCUT2D eigenvalue weighted by Crippen LogP contribution is -2.62. The van der Waals surface area contributed by atoms with E-state index in [9.17, 15) is 50.8 Å². The van der Waals surface area contributed by atoms with Gasteiger partial charge in [-0.25, -0.2) is 4.79 Å². The number of esters is 1. The van der Waals surface area contributed by atoms with Crippen molar-refractivity contribution >= 4 is 12.0 Å². The minimum absolute atomic E-state index is 0.0645. The first-order valence-electron chi connectivity index (χ1n) is 13.7. The van der Waals surface area contributed by atoms with Crippen LogP contribution in [-0.4, -0.2) is 127 Å². The first-order chi connectivity index (χ1) is 20.8. The number of aliphatic hydroxyl groups excluding tert-OH is 5. The van der Waals surface area contributed by atoms with Crippen molar-refractivity contribution in [3.05, 3.63) is 53.6 Å². The Morgan fingerprint density at radius 2 is 1.41 bits per heavy atom. The minimum atomic E-state index is -1.75. The average molecular weight is 625 g/mol. The van der Waals surface area contributed by atoms with E-state index in [0.29, 0.717) is 11.1 Å². The fourth-order valence-electron chi connectivity index (χ4n) is 4.66. The molecule has 0 aromatic heterocycles. The summed E-state index contributed by atoms with van der Waals surface area (Å²) in [5, 5.41) is 90.3. The molecular weight excluding hydrogens is 588 g/mol. The molecule has 0 saturated carbocycles. The standard InChI is InChI=1S/C29H36O15/c1-13-22(35)23(36)25(38)29(42-13)41-12-20-27(44-21(34)7-4-14-2-5-16(30)18(32)10-14)24(37)26(39)28(43-20)40-9-8-15-3-6-17(31)19(33)11-15/h2-7,10-11,13,20,22-33,35-39H,8-9,12H2,1H3/b7-4+/t13-,20-,22+,23+,24-,25+,26+,27+,28+,29+/m1/s1. The Morgan fingerprint density at radius 1 is 0.773 bits per heavy atom. The van der Waals surface area contributed by atoms with Crippen LogP contribution in [0.15, 0.2) is 42.5 Å². The van der Waals surface area contributed by atoms with Crippen LogP contribution in [0.25, 0.3) is 6.08 Å². The van der Waals surface area contributed by atoms with Crippen molar-refractivity contribution in [3.8, 4) is 23.0 Å². The first kappa shape index (κ1) is 33.4. The Hall–Kier alpha value is -3.51. The SMILES string of the molecule is C[C@H]1O[C@H](OC[C@H]2O[C@H](OCCc3ccc(O)c(O)c3)[C@@H](O)[C@@H](O)[C@H]2OC(=O)/C=C/c2ccc(O)c(O)c2)[C@@H](O)[C@@H](O)[C@H]1O. The summed E-state index contributed by atoms with van der Waals surface area (Å²) in [5.41, 5.74) is 0.927. The fourth-order valence-corrected chi connectivity index (χ4v) is 4.66. The van der Waals surface area contributed by atoms with Crippen molar-refractivity contribution in [1.82, 2.24) is 0 Å². The second-order valence-corrected chi connectivity index (χ2v) is 10.5. The summed E-state index contributed by atoms with van der Waals surface area (Å²) < 4.78 is 27.8. The van der Waals surface area contributed by atoms with E-state index in [4.69, 9.17) is 23.7 Å². The second kappa shape index (κ2) is 14.5. The highest BCUT2D eigenvalue weighted by molar-refractivity contribution is 5.87. The smallest absolute Gasteiger partial charge is 0.331 e. The number of carbonyl (C=O) groups is 1. The number of hydrogen-bond donors (Lipinski definition) is 9. The van der Waals surface area contributed by atoms with Crippen molar-refractivity contribution in [2.45, 2.75) is 74.8 Å². The van der Waals surface area contributed by atoms with E-state index in [2.05, 4.69) is 0 Å². The third-order valence-corrected chi connectivity index (χ3v) is 7.25. The maximum atomic E-state index is 12.7. The zero-order chi connectivity index (χ0) is 32.1. The molecule has 2 aliphatic heterocycles. The largest absolute Gasteiger partial charge is 0.504 e. The molecule has 0 unspecified atom stereocenters. The van der Waals surface area contributed by atoms with Gasteiger partial charge in [0.2, 0.25) is 0 Å². The van der Waals surface area contributed by atoms with Crippen molar-refractivity contribution < 1.29 is 74.4 Å². The normalized spacial score (nSPS) is 32.5. The lowest BCUT2D eigenvalue weighted by Gasteiger charge is -2.43. The Labute approximate surface area is 251 Å². The third kappa shape index (κ3) is 7.95. The maximum absolute atomic E-state index is 12.7. The predicted molar refractivity (Wildman–Crippen MR) is 147 cm³/mol. The van der Waals surface area contributed by atoms with Gasteiger partial charge in [-0.1, -0.05) is 12.1 Å². The lowest BCUT2D eigenvalue weighted by atomic mass is 9.98. The number of benzene rings is 2. The van der Waals surface area contributed by atoms with Crippen LogP contribution in [-0.2, 0) is 34.9 Å². The first-order valence-corrected chi connectivity index (χ1v) is 13.7. The lowest BCUT2D eigenvalue weighted by molar-refractivity contribution is -0.328. The van der Waals surface area contributed by atoms with Gasteiger partial charge in [-0.2, -0.15) is 0 Å². The van der Waals surface area contributed by atoms with Gasteiger partial charge in [0.1, 0.15) is 36.6 Å². The Morgan fingerprint density at radius 3 is 2.09 bits per heavy atom. The van der Waals surface area contributed by atoms with E-state index in [1.165, 1.54) is 43.3 Å². The topological polar surface area (TPSA) is 245 Å². The number of carbonyl (C=O) groups excluding carboxylic acids is 1. The van der Waals surface area contributed by atoms with Crippen LogP contribution in [0.4, 0.5) is 0 Å². The van der Waals surface area contributed by atoms with Gasteiger partial charge in [-0.3, -0.25) is 0 Å². The van der Waals surface area contributed by atoms with Crippen LogP contribution < -0.4 is 0 Å². The van der Waals surface area contributed by atoms with Gasteiger partial charge >= 0.3 is 5.97 Å². The summed E-state index contributed by atoms with van der Waals surface area (Å²) in [5.74, 6) is -2.37. The van der Waals surface area contributed by atoms with Crippen molar-refractivity contribution in [2.24, 2.45) is 0 Å². The maximum Gasteiger partial charge on any atom is 0.331 e. The molecule has 15 nitrogen and oxygen atoms in total. The summed E-state index contributed by atoms with van der Waals surface area (Å²) in [7, 11) is 0. The number of aromatic hydroxyl groups is 4. The molecule has 0 spiro atoms. The van der Waals surface area contributed by atoms with Crippen LogP contribution in [0.1, 0.15) is 18.1 Å². The molecule has 2 aliphatic rings. The number of phenolic OH excluding ortho intramolecular Hbond substituents is 4. The van der Waals surface area contributed by atoms with E-state index in [0.717, 1.165) is 6.08 Å². The molecule has 0 aliphatic carbocycles. The van der Waals surface area contributed by atoms with Crippen LogP contribution in [0.5, 0.6) is 23.0 Å². The highest BCUT2D eigenvalue weighted by atomic mass is 16.7. The molecule has 2 fully saturated rings. The van der Waals surface area contributed by atoms with E-state index < -0.39 is 79.7 Å². The minimum Gasteiger partial charge on any atom is -0.504 e. The molecule has 0 radical (unpaired) electrons. The highest BCUT2D eigenvalue weighted by Gasteiger charge is 2.49. The van der Waals surface area contributed by atoms with Crippen LogP contribution in [0.3, 0.4) is 0 Å². The molecular formula is C29H36O15. The zero-order valence-corrected chi connectivity index (χ0v) is 23.5. The number of rotatable bonds is 10. The Bertz CT molecular complexity index is 1300. The van der Waals surface area contributed by atoms with Gasteiger partial charge in [0.15, 0.2) is 41.7 Å². The monoisotopic (exact) mass is 624 g/mol. The van der Waals surface area contributed by atoms with Gasteiger partial charge < -0.3 is 69.6 Å². The van der Waals surface area contributed by atoms with Gasteiger partial charge in [0.05, 0.1) is 19.3 Å². The Balaban J connectivity index is 1.45. The van der Waals surface area contributed by atoms with E-state index >= 15 is 0 Å². The van der Waals surface area contributed by atoms with Gasteiger partial charge in [-0.05, 0) is 54.8 Å². The second-order valence-electron chi connectivity index (χ2n) is 10.5. The summed E-state index contributed by atoms with van der Waals surface area (Å²) in [6.07, 6.45) is -12.2. The van der Waals surface area contributed by atoms with Crippen molar-refractivity contribution in [2.75, 3.05) is 13.2 Å². The van der Waals surface area contributed by atoms with Crippen molar-refractivity contribution in [1.29, 1.82) is 0 Å². The molecule has 10 atom stereocenters. The third-order valence-electron chi connectivity index (χ3n) is 7.25. The fraction of sp³-hybridized carbons (Fsp3) is 0.483. The van der Waals surface area contributed by atoms with Crippen LogP contribution >= 0.6 is 0 Å². The van der Waals surface area contributed by atoms with E-state index in [-0.39, 0.29) is 30.3 Å². The van der Waals surface area contributed by atoms with Crippen molar-refractivity contribution in [3.63, 3.8) is 0 Å². The highest BCUT2D eigenvalue weighted by Crippen LogP contribution is 2.29. The molecule has 2 heterocycles. The number of aliphatic hydroxyl groups is 5. The number of ether oxygens (including phenoxy) is 5. The predicted octanol–water partition coefficient (Wildman–Crippen LogP) is -1.02. The summed E-state index contributed by atoms with van der Waals surface area (Å²) in [6.45, 7) is 0.890. The van der Waals surface area contributed by atoms with E-state index in [1.54, 1.807) is 6.07 Å². The number of hydrogen-bond acceptors (Lipinski definition) is 15. The quantitative estimate of drug-likeness (QED) is 0.0873. The zero-order valence-electron chi connectivity index (χ0n) is 23.5. The molecule has 15 heteroatoms. The van der Waals surface area contributed by atoms with Crippen LogP contribution in [0.2, 0.25) is 0 Å². The van der Waals surface area contributed by atoms with Gasteiger partial charge in [0.25, 0.3) is 0 Å². The molecule has 2 aromatic carbocycles. The van der Waals surface area contributed by atoms with Crippen LogP contribution in [0, 0.1) is 0 Å². The van der Waals surface area contributed by atoms with Gasteiger partial charge in [0, 0.05) is 6.08 Å². The molecule has 0 amide bonds. The summed E-state index contributed by atoms with van der Waals surface area (Å²) >= 11 is 0. The molecule has 4 rings (SSSR count). The molecule has 242 valence electrons. The van der Waals surface area contributed by atoms with Gasteiger partial charge in [-0.15, -0.1) is 0 Å². The summed E-state index contributed by atoms with van der Waals surface area (Å²) in [6, 6.07) is 8.00. The molecule has 0 bridgehead atoms. The molecule has 2 aromatic rings. The molecule has 2 saturated heterocycles. The number of phenols is 4. The summed E-state index contributed by atoms with van der Waals surface area (Å²) in [4.78, 5) is 12.7. The molecule has 9 N–H and O–H groups in total. The van der Waals surface area contributed by atoms with E-state index in [1.807, 2.05) is 0 Å². The Kier molecular flexibility index (Phi) is 11.0. The molecule has 44 heavy (non-hydrogen) atoms.